The number of hydrogen-bond donors (Lipinski definition) is 0. The van der Waals surface area contributed by atoms with Crippen molar-refractivity contribution in [3.63, 3.8) is 0 Å². The van der Waals surface area contributed by atoms with Gasteiger partial charge in [-0.25, -0.2) is 0 Å². The summed E-state index contributed by atoms with van der Waals surface area (Å²) in [6, 6.07) is 16.9. The van der Waals surface area contributed by atoms with Gasteiger partial charge in [0.05, 0.1) is 17.6 Å². The van der Waals surface area contributed by atoms with E-state index in [-0.39, 0.29) is 30.4 Å². The van der Waals surface area contributed by atoms with Crippen LogP contribution >= 0.6 is 0 Å². The lowest BCUT2D eigenvalue weighted by molar-refractivity contribution is -0.149. The van der Waals surface area contributed by atoms with Crippen molar-refractivity contribution in [1.82, 2.24) is 0 Å². The Labute approximate surface area is 146 Å². The standard InChI is InChI=1S/C20H19NO4/c22-19(13-25-20(23)15-10-11-15)21-16-8-4-5-9-18(16)24-12-17(21)14-6-2-1-3-7-14/h1-9,15,17H,10-13H2. The molecule has 1 fully saturated rings. The second kappa shape index (κ2) is 6.59. The molecule has 25 heavy (non-hydrogen) atoms. The second-order valence-corrected chi connectivity index (χ2v) is 6.35. The molecule has 1 saturated carbocycles. The third kappa shape index (κ3) is 3.22. The zero-order valence-electron chi connectivity index (χ0n) is 13.8. The number of benzene rings is 2. The van der Waals surface area contributed by atoms with Crippen LogP contribution in [0.3, 0.4) is 0 Å². The molecule has 1 heterocycles. The van der Waals surface area contributed by atoms with Gasteiger partial charge in [0.15, 0.2) is 6.61 Å². The fraction of sp³-hybridized carbons (Fsp3) is 0.300. The van der Waals surface area contributed by atoms with Crippen molar-refractivity contribution in [3.05, 3.63) is 60.2 Å². The molecule has 2 aromatic rings. The highest BCUT2D eigenvalue weighted by molar-refractivity contribution is 5.98. The Hall–Kier alpha value is -2.82. The highest BCUT2D eigenvalue weighted by Crippen LogP contribution is 2.39. The largest absolute Gasteiger partial charge is 0.489 e. The van der Waals surface area contributed by atoms with Gasteiger partial charge >= 0.3 is 5.97 Å². The first-order chi connectivity index (χ1) is 12.2. The molecule has 2 aliphatic rings. The van der Waals surface area contributed by atoms with E-state index in [1.54, 1.807) is 4.90 Å². The Balaban J connectivity index is 1.61. The van der Waals surface area contributed by atoms with Crippen LogP contribution in [0.15, 0.2) is 54.6 Å². The number of carbonyl (C=O) groups is 2. The maximum atomic E-state index is 12.9. The molecule has 0 radical (unpaired) electrons. The predicted octanol–water partition coefficient (Wildman–Crippen LogP) is 3.11. The minimum Gasteiger partial charge on any atom is -0.489 e. The number of esters is 1. The molecule has 2 aromatic carbocycles. The van der Waals surface area contributed by atoms with Crippen LogP contribution in [0, 0.1) is 5.92 Å². The first kappa shape index (κ1) is 15.7. The number of anilines is 1. The summed E-state index contributed by atoms with van der Waals surface area (Å²) in [4.78, 5) is 26.3. The molecule has 5 heteroatoms. The van der Waals surface area contributed by atoms with Crippen LogP contribution in [0.5, 0.6) is 5.75 Å². The maximum Gasteiger partial charge on any atom is 0.309 e. The quantitative estimate of drug-likeness (QED) is 0.805. The van der Waals surface area contributed by atoms with Gasteiger partial charge in [0, 0.05) is 0 Å². The number of fused-ring (bicyclic) bond motifs is 1. The SMILES string of the molecule is O=C(OCC(=O)N1c2ccccc2OCC1c1ccccc1)C1CC1. The number of para-hydroxylation sites is 2. The van der Waals surface area contributed by atoms with Crippen LogP contribution < -0.4 is 9.64 Å². The molecule has 1 aliphatic carbocycles. The van der Waals surface area contributed by atoms with Crippen molar-refractivity contribution in [2.24, 2.45) is 5.92 Å². The summed E-state index contributed by atoms with van der Waals surface area (Å²) in [5.41, 5.74) is 1.69. The summed E-state index contributed by atoms with van der Waals surface area (Å²) < 4.78 is 11.1. The Morgan fingerprint density at radius 2 is 1.76 bits per heavy atom. The molecule has 128 valence electrons. The van der Waals surface area contributed by atoms with Gasteiger partial charge < -0.3 is 9.47 Å². The van der Waals surface area contributed by atoms with E-state index in [0.29, 0.717) is 18.0 Å². The van der Waals surface area contributed by atoms with Gasteiger partial charge in [-0.1, -0.05) is 42.5 Å². The number of hydrogen-bond acceptors (Lipinski definition) is 4. The van der Waals surface area contributed by atoms with E-state index in [4.69, 9.17) is 9.47 Å². The molecule has 4 rings (SSSR count). The van der Waals surface area contributed by atoms with Gasteiger partial charge in [-0.2, -0.15) is 0 Å². The number of rotatable bonds is 4. The normalized spacial score (nSPS) is 18.9. The summed E-state index contributed by atoms with van der Waals surface area (Å²) in [6.45, 7) is 0.121. The molecule has 1 atom stereocenters. The third-order valence-corrected chi connectivity index (χ3v) is 4.53. The van der Waals surface area contributed by atoms with Gasteiger partial charge in [-0.05, 0) is 30.5 Å². The van der Waals surface area contributed by atoms with Crippen molar-refractivity contribution >= 4 is 17.6 Å². The van der Waals surface area contributed by atoms with Crippen LogP contribution in [0.4, 0.5) is 5.69 Å². The zero-order chi connectivity index (χ0) is 17.2. The van der Waals surface area contributed by atoms with E-state index < -0.39 is 0 Å². The summed E-state index contributed by atoms with van der Waals surface area (Å²) in [7, 11) is 0. The van der Waals surface area contributed by atoms with E-state index in [2.05, 4.69) is 0 Å². The lowest BCUT2D eigenvalue weighted by atomic mass is 10.0. The van der Waals surface area contributed by atoms with Gasteiger partial charge in [0.25, 0.3) is 5.91 Å². The topological polar surface area (TPSA) is 55.8 Å². The second-order valence-electron chi connectivity index (χ2n) is 6.35. The Bertz CT molecular complexity index is 785. The molecule has 5 nitrogen and oxygen atoms in total. The fourth-order valence-corrected chi connectivity index (χ4v) is 3.06. The van der Waals surface area contributed by atoms with E-state index in [1.807, 2.05) is 54.6 Å². The minimum atomic E-state index is -0.272. The zero-order valence-corrected chi connectivity index (χ0v) is 13.8. The molecule has 1 aliphatic heterocycles. The highest BCUT2D eigenvalue weighted by atomic mass is 16.5. The maximum absolute atomic E-state index is 12.9. The van der Waals surface area contributed by atoms with Crippen LogP contribution in [0.1, 0.15) is 24.4 Å². The molecule has 0 aromatic heterocycles. The molecule has 0 spiro atoms. The van der Waals surface area contributed by atoms with Crippen molar-refractivity contribution in [1.29, 1.82) is 0 Å². The summed E-state index contributed by atoms with van der Waals surface area (Å²) in [5, 5.41) is 0. The first-order valence-corrected chi connectivity index (χ1v) is 8.49. The van der Waals surface area contributed by atoms with Gasteiger partial charge in [-0.15, -0.1) is 0 Å². The Morgan fingerprint density at radius 1 is 1.04 bits per heavy atom. The monoisotopic (exact) mass is 337 g/mol. The average Bonchev–Trinajstić information content (AvgIpc) is 3.51. The average molecular weight is 337 g/mol. The van der Waals surface area contributed by atoms with Gasteiger partial charge in [0.2, 0.25) is 0 Å². The highest BCUT2D eigenvalue weighted by Gasteiger charge is 2.35. The van der Waals surface area contributed by atoms with Gasteiger partial charge in [0.1, 0.15) is 12.4 Å². The van der Waals surface area contributed by atoms with Crippen LogP contribution in [-0.2, 0) is 14.3 Å². The van der Waals surface area contributed by atoms with E-state index in [0.717, 1.165) is 18.4 Å². The Kier molecular flexibility index (Phi) is 4.14. The molecule has 0 saturated heterocycles. The Morgan fingerprint density at radius 3 is 2.52 bits per heavy atom. The molecule has 0 N–H and O–H groups in total. The first-order valence-electron chi connectivity index (χ1n) is 8.49. The summed E-state index contributed by atoms with van der Waals surface area (Å²) >= 11 is 0. The van der Waals surface area contributed by atoms with Crippen molar-refractivity contribution < 1.29 is 19.1 Å². The van der Waals surface area contributed by atoms with Crippen LogP contribution in [-0.4, -0.2) is 25.1 Å². The van der Waals surface area contributed by atoms with E-state index in [1.165, 1.54) is 0 Å². The van der Waals surface area contributed by atoms with Crippen molar-refractivity contribution in [3.8, 4) is 5.75 Å². The minimum absolute atomic E-state index is 0.0188. The van der Waals surface area contributed by atoms with Crippen LogP contribution in [0.25, 0.3) is 0 Å². The summed E-state index contributed by atoms with van der Waals surface area (Å²) in [5.74, 6) is 0.135. The van der Waals surface area contributed by atoms with E-state index >= 15 is 0 Å². The molecule has 1 unspecified atom stereocenters. The molecule has 1 amide bonds. The molecular weight excluding hydrogens is 318 g/mol. The lowest BCUT2D eigenvalue weighted by Gasteiger charge is -2.37. The number of ether oxygens (including phenoxy) is 2. The van der Waals surface area contributed by atoms with Crippen molar-refractivity contribution in [2.45, 2.75) is 18.9 Å². The summed E-state index contributed by atoms with van der Waals surface area (Å²) in [6.07, 6.45) is 1.72. The molecular formula is C20H19NO4. The number of carbonyl (C=O) groups excluding carboxylic acids is 2. The van der Waals surface area contributed by atoms with Gasteiger partial charge in [-0.3, -0.25) is 14.5 Å². The van der Waals surface area contributed by atoms with Crippen LogP contribution in [0.2, 0.25) is 0 Å². The number of nitrogens with zero attached hydrogens (tertiary/aromatic N) is 1. The molecule has 0 bridgehead atoms. The number of amides is 1. The van der Waals surface area contributed by atoms with E-state index in [9.17, 15) is 9.59 Å². The third-order valence-electron chi connectivity index (χ3n) is 4.53. The predicted molar refractivity (Wildman–Crippen MR) is 92.3 cm³/mol. The lowest BCUT2D eigenvalue weighted by Crippen LogP contribution is -2.43. The smallest absolute Gasteiger partial charge is 0.309 e. The fourth-order valence-electron chi connectivity index (χ4n) is 3.06. The van der Waals surface area contributed by atoms with Crippen molar-refractivity contribution in [2.75, 3.05) is 18.1 Å².